The van der Waals surface area contributed by atoms with Gasteiger partial charge in [0.1, 0.15) is 12.3 Å². The van der Waals surface area contributed by atoms with Gasteiger partial charge in [-0.2, -0.15) is 0 Å². The molecule has 1 heterocycles. The zero-order valence-electron chi connectivity index (χ0n) is 3.91. The fourth-order valence-corrected chi connectivity index (χ4v) is 1.68. The fourth-order valence-electron chi connectivity index (χ4n) is 0.561. The minimum atomic E-state index is -2.40. The zero-order valence-corrected chi connectivity index (χ0v) is 4.80. The van der Waals surface area contributed by atoms with Crippen molar-refractivity contribution in [2.45, 2.75) is 0 Å². The topological polar surface area (TPSA) is 40.5 Å². The van der Waals surface area contributed by atoms with Crippen LogP contribution in [0.4, 0.5) is 0 Å². The Morgan fingerprint density at radius 3 is 1.71 bits per heavy atom. The Kier molecular flexibility index (Phi) is 1.16. The normalized spacial score (nSPS) is 26.0. The smallest absolute Gasteiger partial charge is 0.220 e. The van der Waals surface area contributed by atoms with Crippen molar-refractivity contribution < 1.29 is 9.79 Å². The van der Waals surface area contributed by atoms with E-state index in [9.17, 15) is 0 Å². The predicted molar refractivity (Wildman–Crippen MR) is 30.2 cm³/mol. The van der Waals surface area contributed by atoms with Crippen molar-refractivity contribution in [2.24, 2.45) is 0 Å². The first kappa shape index (κ1) is 5.23. The highest BCUT2D eigenvalue weighted by molar-refractivity contribution is 7.65. The van der Waals surface area contributed by atoms with Gasteiger partial charge in [-0.1, -0.05) is 0 Å². The van der Waals surface area contributed by atoms with Crippen molar-refractivity contribution in [3.05, 3.63) is 12.2 Å². The third-order valence-electron chi connectivity index (χ3n) is 0.962. The van der Waals surface area contributed by atoms with Crippen LogP contribution in [0.1, 0.15) is 0 Å². The van der Waals surface area contributed by atoms with E-state index < -0.39 is 7.72 Å². The van der Waals surface area contributed by atoms with Crippen molar-refractivity contribution in [1.29, 1.82) is 0 Å². The summed E-state index contributed by atoms with van der Waals surface area (Å²) in [6.07, 6.45) is 4.61. The lowest BCUT2D eigenvalue weighted by Crippen LogP contribution is -1.89. The van der Waals surface area contributed by atoms with Gasteiger partial charge in [0, 0.05) is 0 Å². The van der Waals surface area contributed by atoms with E-state index in [-0.39, 0.29) is 0 Å². The standard InChI is InChI=1S/C4H8O2P/c5-7(6)3-1-2-4-7/h1-2,5-6H,3-4H2/q+1. The molecule has 3 heteroatoms. The molecule has 0 unspecified atom stereocenters. The first-order chi connectivity index (χ1) is 3.21. The molecule has 0 aromatic heterocycles. The van der Waals surface area contributed by atoms with Gasteiger partial charge in [-0.3, -0.25) is 0 Å². The Morgan fingerprint density at radius 2 is 1.57 bits per heavy atom. The predicted octanol–water partition coefficient (Wildman–Crippen LogP) is 0.388. The molecule has 0 fully saturated rings. The van der Waals surface area contributed by atoms with E-state index in [1.165, 1.54) is 0 Å². The van der Waals surface area contributed by atoms with Gasteiger partial charge in [0.05, 0.1) is 0 Å². The maximum Gasteiger partial charge on any atom is 0.275 e. The number of rotatable bonds is 0. The van der Waals surface area contributed by atoms with E-state index in [0.717, 1.165) is 0 Å². The molecule has 1 aliphatic rings. The van der Waals surface area contributed by atoms with E-state index in [1.54, 1.807) is 0 Å². The summed E-state index contributed by atoms with van der Waals surface area (Å²) in [5.74, 6) is 0. The molecule has 0 atom stereocenters. The second-order valence-electron chi connectivity index (χ2n) is 1.72. The van der Waals surface area contributed by atoms with Gasteiger partial charge in [-0.25, -0.2) is 9.79 Å². The number of hydrogen-bond donors (Lipinski definition) is 2. The van der Waals surface area contributed by atoms with Gasteiger partial charge < -0.3 is 0 Å². The number of hydrogen-bond acceptors (Lipinski definition) is 2. The van der Waals surface area contributed by atoms with Crippen molar-refractivity contribution in [3.63, 3.8) is 0 Å². The van der Waals surface area contributed by atoms with Crippen molar-refractivity contribution in [1.82, 2.24) is 0 Å². The molecule has 7 heavy (non-hydrogen) atoms. The summed E-state index contributed by atoms with van der Waals surface area (Å²) >= 11 is 0. The number of allylic oxidation sites excluding steroid dienone is 2. The molecule has 40 valence electrons. The Morgan fingerprint density at radius 1 is 1.14 bits per heavy atom. The van der Waals surface area contributed by atoms with Crippen LogP contribution in [0.5, 0.6) is 0 Å². The lowest BCUT2D eigenvalue weighted by molar-refractivity contribution is 0.460. The van der Waals surface area contributed by atoms with Crippen LogP contribution < -0.4 is 0 Å². The molecule has 0 aliphatic carbocycles. The Hall–Kier alpha value is 0.0900. The van der Waals surface area contributed by atoms with Gasteiger partial charge >= 0.3 is 0 Å². The van der Waals surface area contributed by atoms with Crippen LogP contribution in [-0.4, -0.2) is 22.1 Å². The Balaban J connectivity index is 2.49. The molecule has 0 spiro atoms. The summed E-state index contributed by atoms with van der Waals surface area (Å²) in [6.45, 7) is 0. The van der Waals surface area contributed by atoms with E-state index >= 15 is 0 Å². The lowest BCUT2D eigenvalue weighted by atomic mass is 10.6. The molecule has 2 N–H and O–H groups in total. The molecule has 0 amide bonds. The lowest BCUT2D eigenvalue weighted by Gasteiger charge is -1.99. The molecule has 0 aromatic carbocycles. The minimum absolute atomic E-state index is 0.493. The third kappa shape index (κ3) is 1.23. The molecular weight excluding hydrogens is 111 g/mol. The van der Waals surface area contributed by atoms with Crippen LogP contribution >= 0.6 is 7.72 Å². The highest BCUT2D eigenvalue weighted by atomic mass is 31.2. The van der Waals surface area contributed by atoms with E-state index in [4.69, 9.17) is 9.79 Å². The molecule has 1 aliphatic heterocycles. The monoisotopic (exact) mass is 119 g/mol. The zero-order chi connectivity index (χ0) is 5.33. The summed E-state index contributed by atoms with van der Waals surface area (Å²) in [4.78, 5) is 17.6. The summed E-state index contributed by atoms with van der Waals surface area (Å²) in [5.41, 5.74) is 0. The van der Waals surface area contributed by atoms with Gasteiger partial charge in [-0.05, 0) is 12.2 Å². The largest absolute Gasteiger partial charge is 0.275 e. The summed E-state index contributed by atoms with van der Waals surface area (Å²) < 4.78 is 0. The van der Waals surface area contributed by atoms with E-state index in [2.05, 4.69) is 0 Å². The highest BCUT2D eigenvalue weighted by Crippen LogP contribution is 2.52. The van der Waals surface area contributed by atoms with Gasteiger partial charge in [-0.15, -0.1) is 0 Å². The van der Waals surface area contributed by atoms with Crippen LogP contribution in [-0.2, 0) is 0 Å². The third-order valence-corrected chi connectivity index (χ3v) is 2.55. The Bertz CT molecular complexity index is 87.9. The first-order valence-corrected chi connectivity index (χ1v) is 4.25. The minimum Gasteiger partial charge on any atom is -0.220 e. The first-order valence-electron chi connectivity index (χ1n) is 2.18. The van der Waals surface area contributed by atoms with Crippen LogP contribution in [0, 0.1) is 0 Å². The van der Waals surface area contributed by atoms with Crippen LogP contribution in [0.25, 0.3) is 0 Å². The molecule has 1 rings (SSSR count). The summed E-state index contributed by atoms with van der Waals surface area (Å²) in [5, 5.41) is 0. The van der Waals surface area contributed by atoms with Crippen LogP contribution in [0.3, 0.4) is 0 Å². The average Bonchev–Trinajstić information content (AvgIpc) is 1.84. The summed E-state index contributed by atoms with van der Waals surface area (Å²) in [7, 11) is -2.40. The van der Waals surface area contributed by atoms with Crippen molar-refractivity contribution in [2.75, 3.05) is 12.3 Å². The second kappa shape index (κ2) is 1.55. The summed E-state index contributed by atoms with van der Waals surface area (Å²) in [6, 6.07) is 0. The quantitative estimate of drug-likeness (QED) is 0.357. The Labute approximate surface area is 43.0 Å². The maximum absolute atomic E-state index is 8.80. The van der Waals surface area contributed by atoms with E-state index in [0.29, 0.717) is 12.3 Å². The highest BCUT2D eigenvalue weighted by Gasteiger charge is 2.32. The van der Waals surface area contributed by atoms with Gasteiger partial charge in [0.2, 0.25) is 0 Å². The fraction of sp³-hybridized carbons (Fsp3) is 0.500. The van der Waals surface area contributed by atoms with Crippen molar-refractivity contribution >= 4 is 7.72 Å². The maximum atomic E-state index is 8.80. The molecule has 0 bridgehead atoms. The van der Waals surface area contributed by atoms with Gasteiger partial charge in [0.15, 0.2) is 0 Å². The van der Waals surface area contributed by atoms with Crippen LogP contribution in [0.2, 0.25) is 0 Å². The molecule has 0 aromatic rings. The van der Waals surface area contributed by atoms with E-state index in [1.807, 2.05) is 12.2 Å². The average molecular weight is 119 g/mol. The SMILES string of the molecule is O[P+]1(O)CC=CC1. The molecule has 0 saturated heterocycles. The molecular formula is C4H8O2P+. The van der Waals surface area contributed by atoms with Crippen LogP contribution in [0.15, 0.2) is 12.2 Å². The van der Waals surface area contributed by atoms with Gasteiger partial charge in [0.25, 0.3) is 7.72 Å². The molecule has 0 radical (unpaired) electrons. The molecule has 2 nitrogen and oxygen atoms in total. The molecule has 0 saturated carbocycles. The van der Waals surface area contributed by atoms with Crippen molar-refractivity contribution in [3.8, 4) is 0 Å². The second-order valence-corrected chi connectivity index (χ2v) is 4.20.